The van der Waals surface area contributed by atoms with Crippen LogP contribution >= 0.6 is 0 Å². The largest absolute Gasteiger partial charge is 0.484 e. The lowest BCUT2D eigenvalue weighted by atomic mass is 10.1. The molecule has 1 saturated heterocycles. The number of amides is 2. The summed E-state index contributed by atoms with van der Waals surface area (Å²) in [6, 6.07) is 7.07. The van der Waals surface area contributed by atoms with Crippen LogP contribution in [0.3, 0.4) is 0 Å². The number of nitrogens with zero attached hydrogens (tertiary/aromatic N) is 1. The number of nitrogens with one attached hydrogen (secondary N) is 1. The molecule has 0 aromatic heterocycles. The van der Waals surface area contributed by atoms with Gasteiger partial charge in [0.1, 0.15) is 5.75 Å². The first-order valence-electron chi connectivity index (χ1n) is 8.96. The highest BCUT2D eigenvalue weighted by atomic mass is 16.5. The Labute approximate surface area is 149 Å². The molecular weight excluding hydrogens is 320 g/mol. The molecule has 0 saturated carbocycles. The Kier molecular flexibility index (Phi) is 7.73. The Bertz CT molecular complexity index is 570. The topological polar surface area (TPSA) is 67.9 Å². The molecule has 2 amide bonds. The molecular formula is C19H28N2O4. The Morgan fingerprint density at radius 2 is 2.24 bits per heavy atom. The lowest BCUT2D eigenvalue weighted by Crippen LogP contribution is -2.32. The molecule has 6 nitrogen and oxygen atoms in total. The molecule has 1 aliphatic rings. The van der Waals surface area contributed by atoms with Crippen molar-refractivity contribution in [3.05, 3.63) is 24.3 Å². The van der Waals surface area contributed by atoms with Crippen molar-refractivity contribution < 1.29 is 19.1 Å². The van der Waals surface area contributed by atoms with Gasteiger partial charge in [0.15, 0.2) is 6.61 Å². The first-order valence-corrected chi connectivity index (χ1v) is 8.96. The summed E-state index contributed by atoms with van der Waals surface area (Å²) in [5.41, 5.74) is 0.668. The number of hydrogen-bond acceptors (Lipinski definition) is 4. The van der Waals surface area contributed by atoms with Crippen molar-refractivity contribution in [3.63, 3.8) is 0 Å². The van der Waals surface area contributed by atoms with E-state index >= 15 is 0 Å². The van der Waals surface area contributed by atoms with Crippen molar-refractivity contribution >= 4 is 17.5 Å². The summed E-state index contributed by atoms with van der Waals surface area (Å²) < 4.78 is 11.1. The van der Waals surface area contributed by atoms with Crippen molar-refractivity contribution in [3.8, 4) is 5.75 Å². The van der Waals surface area contributed by atoms with E-state index in [1.165, 1.54) is 0 Å². The van der Waals surface area contributed by atoms with E-state index in [1.54, 1.807) is 43.1 Å². The third-order valence-electron chi connectivity index (χ3n) is 4.27. The van der Waals surface area contributed by atoms with Gasteiger partial charge in [-0.25, -0.2) is 0 Å². The molecule has 1 aromatic carbocycles. The zero-order chi connectivity index (χ0) is 18.1. The van der Waals surface area contributed by atoms with E-state index in [4.69, 9.17) is 9.47 Å². The van der Waals surface area contributed by atoms with E-state index in [0.29, 0.717) is 30.5 Å². The number of benzene rings is 1. The minimum atomic E-state index is -0.0599. The molecule has 0 bridgehead atoms. The third kappa shape index (κ3) is 6.74. The van der Waals surface area contributed by atoms with Crippen LogP contribution in [0, 0.1) is 0 Å². The van der Waals surface area contributed by atoms with E-state index in [2.05, 4.69) is 5.32 Å². The molecule has 6 heteroatoms. The lowest BCUT2D eigenvalue weighted by Gasteiger charge is -2.18. The number of hydrogen-bond donors (Lipinski definition) is 1. The number of carbonyl (C=O) groups is 2. The minimum absolute atomic E-state index is 0.0123. The fourth-order valence-corrected chi connectivity index (χ4v) is 2.72. The number of anilines is 1. The number of ether oxygens (including phenoxy) is 2. The standard InChI is InChI=1S/C19H28N2O4/c1-3-18(22)20-15-7-4-8-17(13-15)25-14-19(23)21(2)11-5-9-16-10-6-12-24-16/h4,7-8,13,16H,3,5-6,9-12,14H2,1-2H3,(H,20,22)/t16-/m0/s1. The molecule has 138 valence electrons. The summed E-state index contributed by atoms with van der Waals surface area (Å²) in [4.78, 5) is 25.3. The second kappa shape index (κ2) is 10.0. The van der Waals surface area contributed by atoms with Gasteiger partial charge in [0, 0.05) is 38.4 Å². The smallest absolute Gasteiger partial charge is 0.260 e. The van der Waals surface area contributed by atoms with Crippen LogP contribution in [-0.2, 0) is 14.3 Å². The van der Waals surface area contributed by atoms with Crippen LogP contribution < -0.4 is 10.1 Å². The zero-order valence-electron chi connectivity index (χ0n) is 15.1. The van der Waals surface area contributed by atoms with Gasteiger partial charge in [0.25, 0.3) is 5.91 Å². The van der Waals surface area contributed by atoms with Gasteiger partial charge in [0.05, 0.1) is 6.10 Å². The van der Waals surface area contributed by atoms with E-state index < -0.39 is 0 Å². The third-order valence-corrected chi connectivity index (χ3v) is 4.27. The molecule has 1 heterocycles. The van der Waals surface area contributed by atoms with Crippen molar-refractivity contribution in [1.82, 2.24) is 4.90 Å². The Balaban J connectivity index is 1.71. The highest BCUT2D eigenvalue weighted by Gasteiger charge is 2.16. The van der Waals surface area contributed by atoms with Crippen LogP contribution in [0.15, 0.2) is 24.3 Å². The molecule has 1 aliphatic heterocycles. The first kappa shape index (κ1) is 19.2. The normalized spacial score (nSPS) is 16.5. The van der Waals surface area contributed by atoms with Crippen molar-refractivity contribution in [2.24, 2.45) is 0 Å². The van der Waals surface area contributed by atoms with E-state index in [-0.39, 0.29) is 18.4 Å². The Morgan fingerprint density at radius 3 is 2.96 bits per heavy atom. The molecule has 1 fully saturated rings. The number of likely N-dealkylation sites (N-methyl/N-ethyl adjacent to an activating group) is 1. The molecule has 0 radical (unpaired) electrons. The van der Waals surface area contributed by atoms with Crippen LogP contribution in [0.4, 0.5) is 5.69 Å². The maximum Gasteiger partial charge on any atom is 0.260 e. The van der Waals surface area contributed by atoms with Crippen LogP contribution in [0.5, 0.6) is 5.75 Å². The fraction of sp³-hybridized carbons (Fsp3) is 0.579. The Hall–Kier alpha value is -2.08. The summed E-state index contributed by atoms with van der Waals surface area (Å²) in [6.07, 6.45) is 4.99. The lowest BCUT2D eigenvalue weighted by molar-refractivity contribution is -0.132. The summed E-state index contributed by atoms with van der Waals surface area (Å²) >= 11 is 0. The predicted molar refractivity (Wildman–Crippen MR) is 96.7 cm³/mol. The SMILES string of the molecule is CCC(=O)Nc1cccc(OCC(=O)N(C)CCC[C@H]2CCCO2)c1. The fourth-order valence-electron chi connectivity index (χ4n) is 2.72. The maximum atomic E-state index is 12.2. The second-order valence-electron chi connectivity index (χ2n) is 6.31. The molecule has 1 aromatic rings. The van der Waals surface area contributed by atoms with Gasteiger partial charge in [-0.3, -0.25) is 9.59 Å². The first-order chi connectivity index (χ1) is 12.1. The van der Waals surface area contributed by atoms with Gasteiger partial charge in [0.2, 0.25) is 5.91 Å². The Morgan fingerprint density at radius 1 is 1.40 bits per heavy atom. The number of carbonyl (C=O) groups excluding carboxylic acids is 2. The molecule has 0 spiro atoms. The summed E-state index contributed by atoms with van der Waals surface area (Å²) in [7, 11) is 1.79. The van der Waals surface area contributed by atoms with Crippen molar-refractivity contribution in [2.75, 3.05) is 32.1 Å². The summed E-state index contributed by atoms with van der Waals surface area (Å²) in [5.74, 6) is 0.449. The van der Waals surface area contributed by atoms with Gasteiger partial charge in [-0.1, -0.05) is 13.0 Å². The molecule has 1 atom stereocenters. The zero-order valence-corrected chi connectivity index (χ0v) is 15.1. The van der Waals surface area contributed by atoms with E-state index in [1.807, 2.05) is 0 Å². The highest BCUT2D eigenvalue weighted by molar-refractivity contribution is 5.90. The second-order valence-corrected chi connectivity index (χ2v) is 6.31. The van der Waals surface area contributed by atoms with Crippen molar-refractivity contribution in [2.45, 2.75) is 45.1 Å². The van der Waals surface area contributed by atoms with E-state index in [0.717, 1.165) is 32.3 Å². The molecule has 1 N–H and O–H groups in total. The minimum Gasteiger partial charge on any atom is -0.484 e. The average Bonchev–Trinajstić information content (AvgIpc) is 3.13. The van der Waals surface area contributed by atoms with Crippen LogP contribution in [-0.4, -0.2) is 49.6 Å². The van der Waals surface area contributed by atoms with Crippen LogP contribution in [0.2, 0.25) is 0 Å². The molecule has 2 rings (SSSR count). The van der Waals surface area contributed by atoms with Gasteiger partial charge in [-0.2, -0.15) is 0 Å². The van der Waals surface area contributed by atoms with Gasteiger partial charge in [-0.15, -0.1) is 0 Å². The van der Waals surface area contributed by atoms with Crippen LogP contribution in [0.1, 0.15) is 39.0 Å². The molecule has 25 heavy (non-hydrogen) atoms. The number of rotatable bonds is 9. The van der Waals surface area contributed by atoms with Gasteiger partial charge >= 0.3 is 0 Å². The monoisotopic (exact) mass is 348 g/mol. The van der Waals surface area contributed by atoms with Gasteiger partial charge in [-0.05, 0) is 37.8 Å². The van der Waals surface area contributed by atoms with Crippen molar-refractivity contribution in [1.29, 1.82) is 0 Å². The summed E-state index contributed by atoms with van der Waals surface area (Å²) in [6.45, 7) is 3.35. The van der Waals surface area contributed by atoms with Gasteiger partial charge < -0.3 is 19.7 Å². The highest BCUT2D eigenvalue weighted by Crippen LogP contribution is 2.18. The maximum absolute atomic E-state index is 12.2. The molecule has 0 unspecified atom stereocenters. The quantitative estimate of drug-likeness (QED) is 0.745. The predicted octanol–water partition coefficient (Wildman–Crippen LogP) is 2.83. The molecule has 0 aliphatic carbocycles. The average molecular weight is 348 g/mol. The summed E-state index contributed by atoms with van der Waals surface area (Å²) in [5, 5.41) is 2.77. The van der Waals surface area contributed by atoms with Crippen LogP contribution in [0.25, 0.3) is 0 Å². The van der Waals surface area contributed by atoms with E-state index in [9.17, 15) is 9.59 Å².